The van der Waals surface area contributed by atoms with E-state index < -0.39 is 28.4 Å². The highest BCUT2D eigenvalue weighted by Crippen LogP contribution is 2.31. The maximum absolute atomic E-state index is 12.4. The highest BCUT2D eigenvalue weighted by molar-refractivity contribution is 7.86. The molecule has 0 bridgehead atoms. The van der Waals surface area contributed by atoms with E-state index in [-0.39, 0.29) is 12.3 Å². The Hall–Kier alpha value is -2.12. The average molecular weight is 351 g/mol. The fourth-order valence-corrected chi connectivity index (χ4v) is 3.32. The number of hydrogen-bond donors (Lipinski definition) is 0. The number of β-lactam (4-membered cyclic amide) rings is 1. The van der Waals surface area contributed by atoms with Crippen molar-refractivity contribution < 1.29 is 22.1 Å². The zero-order valence-electron chi connectivity index (χ0n) is 13.5. The summed E-state index contributed by atoms with van der Waals surface area (Å²) in [5, 5.41) is 0. The van der Waals surface area contributed by atoms with Crippen LogP contribution in [0.1, 0.15) is 6.42 Å². The molecule has 1 aromatic carbocycles. The van der Waals surface area contributed by atoms with E-state index in [0.29, 0.717) is 12.3 Å². The van der Waals surface area contributed by atoms with E-state index in [1.165, 1.54) is 4.90 Å². The van der Waals surface area contributed by atoms with Crippen LogP contribution in [0.4, 0.5) is 0 Å². The number of nitrogens with zero attached hydrogens (tertiary/aromatic N) is 1. The minimum Gasteiger partial charge on any atom is -0.478 e. The summed E-state index contributed by atoms with van der Waals surface area (Å²) in [6.45, 7) is 7.55. The van der Waals surface area contributed by atoms with Crippen LogP contribution in [0.15, 0.2) is 55.6 Å². The Balaban J connectivity index is 2.25. The second-order valence-corrected chi connectivity index (χ2v) is 7.09. The summed E-state index contributed by atoms with van der Waals surface area (Å²) in [5.74, 6) is 0.311. The van der Waals surface area contributed by atoms with Crippen molar-refractivity contribution in [3.8, 4) is 5.75 Å². The molecule has 0 unspecified atom stereocenters. The fourth-order valence-electron chi connectivity index (χ4n) is 2.67. The van der Waals surface area contributed by atoms with Crippen molar-refractivity contribution in [1.82, 2.24) is 4.90 Å². The molecule has 7 heteroatoms. The van der Waals surface area contributed by atoms with Crippen molar-refractivity contribution in [2.24, 2.45) is 0 Å². The van der Waals surface area contributed by atoms with Crippen LogP contribution in [0.5, 0.6) is 5.75 Å². The Labute approximate surface area is 142 Å². The lowest BCUT2D eigenvalue weighted by Gasteiger charge is -2.48. The molecular weight excluding hydrogens is 330 g/mol. The molecule has 1 aliphatic heterocycles. The molecule has 0 N–H and O–H groups in total. The molecular formula is C17H21NO5S. The molecule has 0 saturated carbocycles. The molecule has 0 aliphatic carbocycles. The predicted molar refractivity (Wildman–Crippen MR) is 91.1 cm³/mol. The molecule has 0 radical (unpaired) electrons. The normalized spacial score (nSPS) is 21.7. The molecule has 1 fully saturated rings. The first-order chi connectivity index (χ1) is 11.4. The van der Waals surface area contributed by atoms with Gasteiger partial charge in [0.05, 0.1) is 6.26 Å². The number of para-hydroxylation sites is 1. The lowest BCUT2D eigenvalue weighted by Crippen LogP contribution is -2.71. The summed E-state index contributed by atoms with van der Waals surface area (Å²) < 4.78 is 34.0. The Morgan fingerprint density at radius 3 is 2.46 bits per heavy atom. The van der Waals surface area contributed by atoms with Crippen LogP contribution in [0.25, 0.3) is 0 Å². The average Bonchev–Trinajstić information content (AvgIpc) is 2.52. The molecule has 1 saturated heterocycles. The maximum atomic E-state index is 12.4. The smallest absolute Gasteiger partial charge is 0.266 e. The van der Waals surface area contributed by atoms with E-state index in [9.17, 15) is 13.2 Å². The predicted octanol–water partition coefficient (Wildman–Crippen LogP) is 1.75. The number of carbonyl (C=O) groups is 1. The maximum Gasteiger partial charge on any atom is 0.266 e. The molecule has 0 spiro atoms. The molecule has 2 rings (SSSR count). The van der Waals surface area contributed by atoms with Gasteiger partial charge in [0, 0.05) is 6.54 Å². The van der Waals surface area contributed by atoms with Crippen LogP contribution in [-0.2, 0) is 19.1 Å². The van der Waals surface area contributed by atoms with Gasteiger partial charge in [-0.1, -0.05) is 30.4 Å². The van der Waals surface area contributed by atoms with Crippen molar-refractivity contribution in [3.05, 3.63) is 55.6 Å². The number of benzene rings is 1. The Morgan fingerprint density at radius 1 is 1.25 bits per heavy atom. The van der Waals surface area contributed by atoms with Gasteiger partial charge >= 0.3 is 0 Å². The topological polar surface area (TPSA) is 72.9 Å². The Morgan fingerprint density at radius 2 is 1.92 bits per heavy atom. The molecule has 1 amide bonds. The summed E-state index contributed by atoms with van der Waals surface area (Å²) in [6, 6.07) is 8.36. The molecule has 0 aromatic heterocycles. The van der Waals surface area contributed by atoms with Crippen LogP contribution >= 0.6 is 0 Å². The highest BCUT2D eigenvalue weighted by Gasteiger charge is 2.53. The number of hydrogen-bond acceptors (Lipinski definition) is 5. The molecule has 3 atom stereocenters. The summed E-state index contributed by atoms with van der Waals surface area (Å²) in [6.07, 6.45) is 2.82. The van der Waals surface area contributed by atoms with E-state index in [0.717, 1.165) is 6.26 Å². The van der Waals surface area contributed by atoms with Crippen LogP contribution in [0, 0.1) is 0 Å². The lowest BCUT2D eigenvalue weighted by molar-refractivity contribution is -0.169. The summed E-state index contributed by atoms with van der Waals surface area (Å²) in [5.41, 5.74) is 0. The van der Waals surface area contributed by atoms with Gasteiger partial charge in [0.15, 0.2) is 6.10 Å². The number of carbonyl (C=O) groups excluding carboxylic acids is 1. The third-order valence-electron chi connectivity index (χ3n) is 3.61. The van der Waals surface area contributed by atoms with Crippen molar-refractivity contribution in [2.75, 3.05) is 12.8 Å². The third kappa shape index (κ3) is 4.24. The zero-order chi connectivity index (χ0) is 17.7. The van der Waals surface area contributed by atoms with Crippen LogP contribution < -0.4 is 4.74 Å². The quantitative estimate of drug-likeness (QED) is 0.385. The van der Waals surface area contributed by atoms with Crippen LogP contribution in [-0.4, -0.2) is 50.3 Å². The van der Waals surface area contributed by atoms with Gasteiger partial charge in [-0.25, -0.2) is 0 Å². The van der Waals surface area contributed by atoms with Crippen molar-refractivity contribution in [3.63, 3.8) is 0 Å². The van der Waals surface area contributed by atoms with Crippen LogP contribution in [0.2, 0.25) is 0 Å². The lowest BCUT2D eigenvalue weighted by atomic mass is 9.90. The highest BCUT2D eigenvalue weighted by atomic mass is 32.2. The molecule has 1 aromatic rings. The first kappa shape index (κ1) is 18.2. The van der Waals surface area contributed by atoms with E-state index in [1.807, 2.05) is 6.07 Å². The second-order valence-electron chi connectivity index (χ2n) is 5.48. The first-order valence-corrected chi connectivity index (χ1v) is 9.31. The zero-order valence-corrected chi connectivity index (χ0v) is 14.3. The number of ether oxygens (including phenoxy) is 1. The second kappa shape index (κ2) is 7.63. The fraction of sp³-hybridized carbons (Fsp3) is 0.353. The van der Waals surface area contributed by atoms with Crippen molar-refractivity contribution in [2.45, 2.75) is 24.7 Å². The van der Waals surface area contributed by atoms with E-state index >= 15 is 0 Å². The van der Waals surface area contributed by atoms with Crippen LogP contribution in [0.3, 0.4) is 0 Å². The van der Waals surface area contributed by atoms with Crippen molar-refractivity contribution in [1.29, 1.82) is 0 Å². The van der Waals surface area contributed by atoms with Gasteiger partial charge in [-0.3, -0.25) is 8.98 Å². The van der Waals surface area contributed by atoms with Gasteiger partial charge in [-0.2, -0.15) is 8.42 Å². The van der Waals surface area contributed by atoms with Gasteiger partial charge in [0.1, 0.15) is 17.9 Å². The SMILES string of the molecule is C=CC[C@@H](OS(C)(=O)=O)[C@H]1[C@@H](Oc2ccccc2)C(=O)N1CC=C. The number of rotatable bonds is 9. The summed E-state index contributed by atoms with van der Waals surface area (Å²) in [7, 11) is -3.69. The summed E-state index contributed by atoms with van der Waals surface area (Å²) >= 11 is 0. The van der Waals surface area contributed by atoms with Gasteiger partial charge in [-0.15, -0.1) is 13.2 Å². The first-order valence-electron chi connectivity index (χ1n) is 7.49. The minimum atomic E-state index is -3.69. The van der Waals surface area contributed by atoms with E-state index in [2.05, 4.69) is 13.2 Å². The molecule has 1 aliphatic rings. The number of likely N-dealkylation sites (tertiary alicyclic amines) is 1. The largest absolute Gasteiger partial charge is 0.478 e. The van der Waals surface area contributed by atoms with Gasteiger partial charge in [0.25, 0.3) is 16.0 Å². The van der Waals surface area contributed by atoms with Crippen molar-refractivity contribution >= 4 is 16.0 Å². The monoisotopic (exact) mass is 351 g/mol. The van der Waals surface area contributed by atoms with E-state index in [1.54, 1.807) is 36.4 Å². The standard InChI is InChI=1S/C17H21NO5S/c1-4-9-14(23-24(3,20)21)15-16(17(19)18(15)12-5-2)22-13-10-7-6-8-11-13/h4-8,10-11,14-16H,1-2,9,12H2,3H3/t14-,15+,16-/m1/s1. The number of amides is 1. The molecule has 130 valence electrons. The Kier molecular flexibility index (Phi) is 5.80. The van der Waals surface area contributed by atoms with Gasteiger partial charge < -0.3 is 9.64 Å². The van der Waals surface area contributed by atoms with Gasteiger partial charge in [-0.05, 0) is 18.6 Å². The Bertz CT molecular complexity index is 701. The van der Waals surface area contributed by atoms with Gasteiger partial charge in [0.2, 0.25) is 0 Å². The molecule has 6 nitrogen and oxygen atoms in total. The third-order valence-corrected chi connectivity index (χ3v) is 4.20. The minimum absolute atomic E-state index is 0.227. The molecule has 1 heterocycles. The molecule has 24 heavy (non-hydrogen) atoms. The van der Waals surface area contributed by atoms with E-state index in [4.69, 9.17) is 8.92 Å². The summed E-state index contributed by atoms with van der Waals surface area (Å²) in [4.78, 5) is 13.9.